The predicted molar refractivity (Wildman–Crippen MR) is 79.0 cm³/mol. The molecular formula is C13H26O3Si2. The van der Waals surface area contributed by atoms with Gasteiger partial charge in [-0.25, -0.2) is 0 Å². The lowest BCUT2D eigenvalue weighted by Crippen LogP contribution is -2.29. The van der Waals surface area contributed by atoms with Crippen LogP contribution in [0.5, 0.6) is 0 Å². The van der Waals surface area contributed by atoms with Crippen molar-refractivity contribution in [2.75, 3.05) is 6.61 Å². The molecule has 0 saturated heterocycles. The fraction of sp³-hybridized carbons (Fsp3) is 0.769. The zero-order chi connectivity index (χ0) is 14.2. The Bertz CT molecular complexity index is 275. The van der Waals surface area contributed by atoms with E-state index >= 15 is 0 Å². The van der Waals surface area contributed by atoms with Gasteiger partial charge in [0.15, 0.2) is 8.32 Å². The van der Waals surface area contributed by atoms with Crippen LogP contribution in [0.15, 0.2) is 12.3 Å². The van der Waals surface area contributed by atoms with Gasteiger partial charge in [0.25, 0.3) is 0 Å². The average Bonchev–Trinajstić information content (AvgIpc) is 2.33. The topological polar surface area (TPSA) is 35.5 Å². The Balaban J connectivity index is 3.64. The van der Waals surface area contributed by atoms with Crippen LogP contribution in [0.4, 0.5) is 0 Å². The molecule has 0 aliphatic rings. The highest BCUT2D eigenvalue weighted by Crippen LogP contribution is 2.21. The number of carbonyl (C=O) groups excluding carboxylic acids is 1. The van der Waals surface area contributed by atoms with Crippen molar-refractivity contribution in [3.63, 3.8) is 0 Å². The molecule has 18 heavy (non-hydrogen) atoms. The summed E-state index contributed by atoms with van der Waals surface area (Å²) in [6, 6.07) is 0.949. The van der Waals surface area contributed by atoms with Gasteiger partial charge >= 0.3 is 5.97 Å². The monoisotopic (exact) mass is 286 g/mol. The van der Waals surface area contributed by atoms with E-state index in [9.17, 15) is 4.79 Å². The molecular weight excluding hydrogens is 260 g/mol. The first-order valence-corrected chi connectivity index (χ1v) is 10.6. The molecule has 0 bridgehead atoms. The van der Waals surface area contributed by atoms with Gasteiger partial charge in [0.1, 0.15) is 0 Å². The highest BCUT2D eigenvalue weighted by Gasteiger charge is 2.26. The molecule has 0 aromatic rings. The molecule has 0 N–H and O–H groups in total. The minimum atomic E-state index is -1.63. The molecule has 2 radical (unpaired) electrons. The highest BCUT2D eigenvalue weighted by molar-refractivity contribution is 6.79. The third-order valence-corrected chi connectivity index (χ3v) is 7.14. The van der Waals surface area contributed by atoms with Gasteiger partial charge in [-0.2, -0.15) is 0 Å². The molecule has 0 aromatic heterocycles. The maximum Gasteiger partial charge on any atom is 0.311 e. The molecule has 104 valence electrons. The number of ether oxygens (including phenoxy) is 1. The number of carbonyl (C=O) groups is 1. The lowest BCUT2D eigenvalue weighted by atomic mass is 9.91. The Hall–Kier alpha value is -0.396. The number of hydrogen-bond donors (Lipinski definition) is 0. The molecule has 0 rings (SSSR count). The summed E-state index contributed by atoms with van der Waals surface area (Å²) in [5.74, 6) is -0.102. The Kier molecular flexibility index (Phi) is 7.74. The summed E-state index contributed by atoms with van der Waals surface area (Å²) in [7, 11) is -1.15. The summed E-state index contributed by atoms with van der Waals surface area (Å²) in [4.78, 5) is 11.7. The van der Waals surface area contributed by atoms with Gasteiger partial charge in [-0.05, 0) is 45.8 Å². The average molecular weight is 287 g/mol. The number of hydrogen-bond acceptors (Lipinski definition) is 3. The second-order valence-electron chi connectivity index (χ2n) is 5.53. The van der Waals surface area contributed by atoms with Crippen molar-refractivity contribution in [2.24, 2.45) is 5.41 Å². The predicted octanol–water partition coefficient (Wildman–Crippen LogP) is 3.34. The van der Waals surface area contributed by atoms with Crippen LogP contribution in [0.25, 0.3) is 0 Å². The van der Waals surface area contributed by atoms with Crippen LogP contribution in [0.3, 0.4) is 0 Å². The van der Waals surface area contributed by atoms with Gasteiger partial charge in [-0.1, -0.05) is 12.6 Å². The van der Waals surface area contributed by atoms with Gasteiger partial charge in [0, 0.05) is 0 Å². The fourth-order valence-corrected chi connectivity index (χ4v) is 3.45. The molecule has 0 atom stereocenters. The lowest BCUT2D eigenvalue weighted by molar-refractivity contribution is -0.154. The third kappa shape index (κ3) is 7.13. The molecule has 5 heteroatoms. The Labute approximate surface area is 115 Å². The van der Waals surface area contributed by atoms with Crippen LogP contribution in [-0.4, -0.2) is 30.7 Å². The first-order valence-electron chi connectivity index (χ1n) is 6.47. The summed E-state index contributed by atoms with van der Waals surface area (Å²) in [5, 5.41) is 0. The van der Waals surface area contributed by atoms with Crippen molar-refractivity contribution < 1.29 is 13.6 Å². The van der Waals surface area contributed by atoms with Crippen LogP contribution in [-0.2, 0) is 13.6 Å². The Morgan fingerprint density at radius 2 is 2.06 bits per heavy atom. The lowest BCUT2D eigenvalue weighted by Gasteiger charge is -2.20. The molecule has 0 aliphatic heterocycles. The zero-order valence-corrected chi connectivity index (χ0v) is 14.3. The Morgan fingerprint density at radius 3 is 2.56 bits per heavy atom. The maximum atomic E-state index is 11.7. The van der Waals surface area contributed by atoms with E-state index in [4.69, 9.17) is 8.85 Å². The van der Waals surface area contributed by atoms with E-state index in [1.54, 1.807) is 0 Å². The molecule has 0 heterocycles. The minimum absolute atomic E-state index is 0.102. The Morgan fingerprint density at radius 1 is 1.44 bits per heavy atom. The van der Waals surface area contributed by atoms with E-state index in [2.05, 4.69) is 19.7 Å². The first kappa shape index (κ1) is 17.6. The van der Waals surface area contributed by atoms with Crippen LogP contribution in [0, 0.1) is 5.41 Å². The van der Waals surface area contributed by atoms with Crippen LogP contribution in [0.1, 0.15) is 33.6 Å². The molecule has 0 unspecified atom stereocenters. The van der Waals surface area contributed by atoms with E-state index in [1.807, 2.05) is 26.5 Å². The van der Waals surface area contributed by atoms with Gasteiger partial charge in [-0.3, -0.25) is 4.79 Å². The molecule has 0 aromatic carbocycles. The van der Waals surface area contributed by atoms with Gasteiger partial charge < -0.3 is 8.85 Å². The standard InChI is InChI=1S/C13H26O3Si2/c1-7-13(3,4)12(14)15-10-9-11-17-16-18(5,6)8-2/h8H,2,7,9-11H2,1,3-6H3. The van der Waals surface area contributed by atoms with E-state index in [0.717, 1.165) is 18.9 Å². The van der Waals surface area contributed by atoms with E-state index in [1.165, 1.54) is 0 Å². The van der Waals surface area contributed by atoms with Crippen molar-refractivity contribution >= 4 is 24.0 Å². The van der Waals surface area contributed by atoms with Crippen molar-refractivity contribution in [3.8, 4) is 0 Å². The van der Waals surface area contributed by atoms with Crippen LogP contribution >= 0.6 is 0 Å². The van der Waals surface area contributed by atoms with Gasteiger partial charge in [0.05, 0.1) is 12.0 Å². The van der Waals surface area contributed by atoms with Crippen LogP contribution < -0.4 is 0 Å². The SMILES string of the molecule is C=C[Si](C)(C)O[Si]CCCOC(=O)C(C)(C)CC. The number of esters is 1. The van der Waals surface area contributed by atoms with Crippen LogP contribution in [0.2, 0.25) is 19.1 Å². The summed E-state index contributed by atoms with van der Waals surface area (Å²) in [6.45, 7) is 14.3. The van der Waals surface area contributed by atoms with E-state index in [-0.39, 0.29) is 11.4 Å². The fourth-order valence-electron chi connectivity index (χ4n) is 0.928. The molecule has 0 fully saturated rings. The molecule has 0 aliphatic carbocycles. The van der Waals surface area contributed by atoms with E-state index < -0.39 is 8.32 Å². The van der Waals surface area contributed by atoms with Crippen molar-refractivity contribution in [1.29, 1.82) is 0 Å². The molecule has 0 amide bonds. The largest absolute Gasteiger partial charge is 0.465 e. The third-order valence-electron chi connectivity index (χ3n) is 2.92. The quantitative estimate of drug-likeness (QED) is 0.370. The smallest absolute Gasteiger partial charge is 0.311 e. The first-order chi connectivity index (χ1) is 8.25. The van der Waals surface area contributed by atoms with Gasteiger partial charge in [0.2, 0.25) is 9.76 Å². The normalized spacial score (nSPS) is 12.3. The van der Waals surface area contributed by atoms with Crippen molar-refractivity contribution in [2.45, 2.75) is 52.8 Å². The van der Waals surface area contributed by atoms with Crippen molar-refractivity contribution in [1.82, 2.24) is 0 Å². The second-order valence-corrected chi connectivity index (χ2v) is 10.8. The van der Waals surface area contributed by atoms with Gasteiger partial charge in [-0.15, -0.1) is 6.58 Å². The molecule has 3 nitrogen and oxygen atoms in total. The second kappa shape index (κ2) is 7.91. The summed E-state index contributed by atoms with van der Waals surface area (Å²) in [6.07, 6.45) is 1.67. The highest BCUT2D eigenvalue weighted by atomic mass is 28.4. The summed E-state index contributed by atoms with van der Waals surface area (Å²) < 4.78 is 11.0. The maximum absolute atomic E-state index is 11.7. The minimum Gasteiger partial charge on any atom is -0.465 e. The number of rotatable bonds is 9. The summed E-state index contributed by atoms with van der Waals surface area (Å²) >= 11 is 0. The summed E-state index contributed by atoms with van der Waals surface area (Å²) in [5.41, 5.74) is 1.57. The van der Waals surface area contributed by atoms with Crippen molar-refractivity contribution in [3.05, 3.63) is 12.3 Å². The molecule has 0 spiro atoms. The zero-order valence-electron chi connectivity index (χ0n) is 12.3. The van der Waals surface area contributed by atoms with E-state index in [0.29, 0.717) is 16.4 Å². The molecule has 0 saturated carbocycles.